The Kier molecular flexibility index (Phi) is 4.68. The lowest BCUT2D eigenvalue weighted by Gasteiger charge is -2.29. The molecule has 3 rings (SSSR count). The van der Waals surface area contributed by atoms with Gasteiger partial charge in [-0.1, -0.05) is 6.07 Å². The molecule has 0 N–H and O–H groups in total. The third-order valence-corrected chi connectivity index (χ3v) is 4.97. The molecule has 122 valence electrons. The summed E-state index contributed by atoms with van der Waals surface area (Å²) in [6.45, 7) is 2.60. The Balaban J connectivity index is 1.83. The number of hydrogen-bond donors (Lipinski definition) is 0. The molecule has 0 spiro atoms. The Morgan fingerprint density at radius 1 is 1.35 bits per heavy atom. The number of halogens is 1. The van der Waals surface area contributed by atoms with Gasteiger partial charge in [0, 0.05) is 27.2 Å². The third-order valence-electron chi connectivity index (χ3n) is 3.82. The van der Waals surface area contributed by atoms with Gasteiger partial charge in [-0.3, -0.25) is 14.7 Å². The molecule has 7 heteroatoms. The molecule has 2 aliphatic rings. The summed E-state index contributed by atoms with van der Waals surface area (Å²) in [4.78, 5) is 20.2. The quantitative estimate of drug-likeness (QED) is 0.777. The molecule has 2 aliphatic heterocycles. The van der Waals surface area contributed by atoms with E-state index in [0.717, 1.165) is 0 Å². The fourth-order valence-corrected chi connectivity index (χ4v) is 3.50. The van der Waals surface area contributed by atoms with E-state index < -0.39 is 0 Å². The number of amidine groups is 1. The van der Waals surface area contributed by atoms with Crippen molar-refractivity contribution in [2.24, 2.45) is 4.99 Å². The molecule has 2 fully saturated rings. The van der Waals surface area contributed by atoms with Crippen LogP contribution in [0, 0.1) is 5.82 Å². The van der Waals surface area contributed by atoms with E-state index in [2.05, 4.69) is 4.99 Å². The van der Waals surface area contributed by atoms with Crippen LogP contribution in [0.15, 0.2) is 28.1 Å². The number of thioether (sulfide) groups is 1. The Morgan fingerprint density at radius 3 is 2.70 bits per heavy atom. The van der Waals surface area contributed by atoms with Crippen molar-refractivity contribution >= 4 is 34.6 Å². The molecule has 1 aromatic rings. The van der Waals surface area contributed by atoms with E-state index in [1.54, 1.807) is 26.2 Å². The van der Waals surface area contributed by atoms with Crippen molar-refractivity contribution in [2.45, 2.75) is 0 Å². The summed E-state index contributed by atoms with van der Waals surface area (Å²) >= 11 is 1.30. The molecule has 5 nitrogen and oxygen atoms in total. The fraction of sp³-hybridized carbons (Fsp3) is 0.375. The topological polar surface area (TPSA) is 45.1 Å². The van der Waals surface area contributed by atoms with Crippen molar-refractivity contribution in [3.05, 3.63) is 34.5 Å². The summed E-state index contributed by atoms with van der Waals surface area (Å²) in [5, 5.41) is 0.645. The number of benzene rings is 1. The molecule has 0 saturated carbocycles. The molecular formula is C16H18FN3O2S. The molecule has 2 heterocycles. The van der Waals surface area contributed by atoms with Gasteiger partial charge in [0.25, 0.3) is 5.91 Å². The second-order valence-electron chi connectivity index (χ2n) is 5.29. The number of likely N-dealkylation sites (N-methyl/N-ethyl adjacent to an activating group) is 1. The average Bonchev–Trinajstić information content (AvgIpc) is 2.84. The highest BCUT2D eigenvalue weighted by molar-refractivity contribution is 8.18. The lowest BCUT2D eigenvalue weighted by molar-refractivity contribution is -0.121. The van der Waals surface area contributed by atoms with E-state index in [0.29, 0.717) is 47.6 Å². The first-order valence-electron chi connectivity index (χ1n) is 7.37. The van der Waals surface area contributed by atoms with Crippen molar-refractivity contribution in [3.63, 3.8) is 0 Å². The van der Waals surface area contributed by atoms with E-state index in [1.165, 1.54) is 22.7 Å². The zero-order valence-electron chi connectivity index (χ0n) is 13.1. The van der Waals surface area contributed by atoms with Crippen molar-refractivity contribution < 1.29 is 13.9 Å². The molecule has 0 radical (unpaired) electrons. The first kappa shape index (κ1) is 16.0. The van der Waals surface area contributed by atoms with Gasteiger partial charge >= 0.3 is 0 Å². The second-order valence-corrected chi connectivity index (χ2v) is 6.30. The highest BCUT2D eigenvalue weighted by Crippen LogP contribution is 2.32. The SMILES string of the molecule is CN=C1S/C(=C\c2ccc(N3CCOCC3)c(F)c2)C(=O)N1C. The van der Waals surface area contributed by atoms with Gasteiger partial charge in [0.05, 0.1) is 23.8 Å². The van der Waals surface area contributed by atoms with Crippen molar-refractivity contribution in [1.29, 1.82) is 0 Å². The zero-order valence-corrected chi connectivity index (χ0v) is 13.9. The summed E-state index contributed by atoms with van der Waals surface area (Å²) in [6, 6.07) is 5.05. The molecule has 1 aromatic carbocycles. The first-order valence-corrected chi connectivity index (χ1v) is 8.18. The predicted molar refractivity (Wildman–Crippen MR) is 91.1 cm³/mol. The summed E-state index contributed by atoms with van der Waals surface area (Å²) in [7, 11) is 3.33. The van der Waals surface area contributed by atoms with Crippen LogP contribution in [-0.2, 0) is 9.53 Å². The molecule has 1 amide bonds. The van der Waals surface area contributed by atoms with E-state index in [9.17, 15) is 9.18 Å². The molecule has 0 aromatic heterocycles. The number of aliphatic imine (C=N–C) groups is 1. The summed E-state index contributed by atoms with van der Waals surface area (Å²) in [5.41, 5.74) is 1.25. The van der Waals surface area contributed by atoms with E-state index in [4.69, 9.17) is 4.74 Å². The smallest absolute Gasteiger partial charge is 0.266 e. The number of nitrogens with zero attached hydrogens (tertiary/aromatic N) is 3. The van der Waals surface area contributed by atoms with Crippen LogP contribution in [0.4, 0.5) is 10.1 Å². The standard InChI is InChI=1S/C16H18FN3O2S/c1-18-16-19(2)15(21)14(23-16)10-11-3-4-13(12(17)9-11)20-5-7-22-8-6-20/h3-4,9-10H,5-8H2,1-2H3/b14-10-,18-16?. The lowest BCUT2D eigenvalue weighted by atomic mass is 10.1. The molecule has 23 heavy (non-hydrogen) atoms. The minimum atomic E-state index is -0.283. The van der Waals surface area contributed by atoms with Gasteiger partial charge in [0.1, 0.15) is 5.82 Å². The maximum absolute atomic E-state index is 14.4. The summed E-state index contributed by atoms with van der Waals surface area (Å²) < 4.78 is 19.7. The normalized spacial score (nSPS) is 22.5. The highest BCUT2D eigenvalue weighted by Gasteiger charge is 2.29. The average molecular weight is 335 g/mol. The highest BCUT2D eigenvalue weighted by atomic mass is 32.2. The van der Waals surface area contributed by atoms with Gasteiger partial charge in [0.15, 0.2) is 5.17 Å². The van der Waals surface area contributed by atoms with Gasteiger partial charge in [-0.25, -0.2) is 4.39 Å². The Hall–Kier alpha value is -1.86. The molecule has 0 atom stereocenters. The van der Waals surface area contributed by atoms with Crippen LogP contribution in [0.2, 0.25) is 0 Å². The Bertz CT molecular complexity index is 684. The van der Waals surface area contributed by atoms with Gasteiger partial charge in [-0.2, -0.15) is 0 Å². The van der Waals surface area contributed by atoms with Crippen molar-refractivity contribution in [1.82, 2.24) is 4.90 Å². The van der Waals surface area contributed by atoms with Crippen LogP contribution in [0.25, 0.3) is 6.08 Å². The molecule has 0 bridgehead atoms. The zero-order chi connectivity index (χ0) is 16.4. The third kappa shape index (κ3) is 3.25. The Morgan fingerprint density at radius 2 is 2.09 bits per heavy atom. The number of amides is 1. The fourth-order valence-electron chi connectivity index (χ4n) is 2.57. The number of hydrogen-bond acceptors (Lipinski definition) is 5. The van der Waals surface area contributed by atoms with E-state index >= 15 is 0 Å². The number of ether oxygens (including phenoxy) is 1. The maximum atomic E-state index is 14.4. The van der Waals surface area contributed by atoms with E-state index in [-0.39, 0.29) is 11.7 Å². The number of morpholine rings is 1. The van der Waals surface area contributed by atoms with Gasteiger partial charge < -0.3 is 9.64 Å². The summed E-state index contributed by atoms with van der Waals surface area (Å²) in [5.74, 6) is -0.400. The minimum absolute atomic E-state index is 0.117. The maximum Gasteiger partial charge on any atom is 0.266 e. The van der Waals surface area contributed by atoms with Gasteiger partial charge in [0.2, 0.25) is 0 Å². The van der Waals surface area contributed by atoms with Gasteiger partial charge in [-0.15, -0.1) is 0 Å². The predicted octanol–water partition coefficient (Wildman–Crippen LogP) is 2.19. The van der Waals surface area contributed by atoms with Crippen LogP contribution in [0.1, 0.15) is 5.56 Å². The minimum Gasteiger partial charge on any atom is -0.378 e. The van der Waals surface area contributed by atoms with Crippen molar-refractivity contribution in [2.75, 3.05) is 45.3 Å². The Labute approximate surface area is 138 Å². The lowest BCUT2D eigenvalue weighted by Crippen LogP contribution is -2.36. The first-order chi connectivity index (χ1) is 11.1. The number of carbonyl (C=O) groups is 1. The number of carbonyl (C=O) groups excluding carboxylic acids is 1. The van der Waals surface area contributed by atoms with Crippen molar-refractivity contribution in [3.8, 4) is 0 Å². The van der Waals surface area contributed by atoms with Crippen LogP contribution >= 0.6 is 11.8 Å². The largest absolute Gasteiger partial charge is 0.378 e. The van der Waals surface area contributed by atoms with E-state index in [1.807, 2.05) is 11.0 Å². The summed E-state index contributed by atoms with van der Waals surface area (Å²) in [6.07, 6.45) is 1.70. The molecular weight excluding hydrogens is 317 g/mol. The molecule has 0 unspecified atom stereocenters. The number of rotatable bonds is 2. The van der Waals surface area contributed by atoms with Crippen LogP contribution in [0.3, 0.4) is 0 Å². The monoisotopic (exact) mass is 335 g/mol. The van der Waals surface area contributed by atoms with Crippen LogP contribution in [0.5, 0.6) is 0 Å². The number of anilines is 1. The molecule has 0 aliphatic carbocycles. The second kappa shape index (κ2) is 6.72. The molecule has 2 saturated heterocycles. The van der Waals surface area contributed by atoms with Crippen LogP contribution < -0.4 is 4.90 Å². The van der Waals surface area contributed by atoms with Gasteiger partial charge in [-0.05, 0) is 35.5 Å². The van der Waals surface area contributed by atoms with Crippen LogP contribution in [-0.4, -0.2) is 56.4 Å².